The fourth-order valence-electron chi connectivity index (χ4n) is 2.65. The molecule has 98 valence electrons. The minimum atomic E-state index is -0.802. The van der Waals surface area contributed by atoms with E-state index in [1.807, 2.05) is 0 Å². The van der Waals surface area contributed by atoms with Crippen molar-refractivity contribution in [1.29, 1.82) is 0 Å². The standard InChI is InChI=1S/C15H19F2N/c16-14-8-4-7-12(15(14)17)9-13(10-18)11-5-2-1-3-6-11/h4,7-9,11H,1-3,5-6,10,18H2. The highest BCUT2D eigenvalue weighted by Crippen LogP contribution is 2.30. The largest absolute Gasteiger partial charge is 0.327 e. The van der Waals surface area contributed by atoms with Crippen LogP contribution in [-0.2, 0) is 0 Å². The Labute approximate surface area is 107 Å². The molecule has 1 aliphatic rings. The number of rotatable bonds is 3. The summed E-state index contributed by atoms with van der Waals surface area (Å²) in [7, 11) is 0. The van der Waals surface area contributed by atoms with Gasteiger partial charge in [-0.3, -0.25) is 0 Å². The summed E-state index contributed by atoms with van der Waals surface area (Å²) >= 11 is 0. The van der Waals surface area contributed by atoms with Crippen LogP contribution < -0.4 is 5.73 Å². The first-order valence-corrected chi connectivity index (χ1v) is 6.57. The Morgan fingerprint density at radius 2 is 1.94 bits per heavy atom. The molecule has 0 radical (unpaired) electrons. The van der Waals surface area contributed by atoms with E-state index >= 15 is 0 Å². The maximum absolute atomic E-state index is 13.6. The van der Waals surface area contributed by atoms with Crippen LogP contribution in [0.3, 0.4) is 0 Å². The van der Waals surface area contributed by atoms with Crippen molar-refractivity contribution < 1.29 is 8.78 Å². The van der Waals surface area contributed by atoms with Gasteiger partial charge in [0, 0.05) is 12.1 Å². The molecular formula is C15H19F2N. The predicted octanol–water partition coefficient (Wildman–Crippen LogP) is 3.89. The van der Waals surface area contributed by atoms with Gasteiger partial charge in [0.05, 0.1) is 0 Å². The number of benzene rings is 1. The predicted molar refractivity (Wildman–Crippen MR) is 70.0 cm³/mol. The molecule has 1 saturated carbocycles. The van der Waals surface area contributed by atoms with E-state index in [1.54, 1.807) is 12.1 Å². The SMILES string of the molecule is NCC(=Cc1cccc(F)c1F)C1CCCCC1. The van der Waals surface area contributed by atoms with Crippen LogP contribution in [0, 0.1) is 17.6 Å². The molecule has 2 N–H and O–H groups in total. The Kier molecular flexibility index (Phi) is 4.48. The minimum absolute atomic E-state index is 0.307. The molecule has 0 aliphatic heterocycles. The Bertz CT molecular complexity index is 434. The lowest BCUT2D eigenvalue weighted by Crippen LogP contribution is -2.16. The fraction of sp³-hybridized carbons (Fsp3) is 0.467. The van der Waals surface area contributed by atoms with Gasteiger partial charge in [0.15, 0.2) is 11.6 Å². The fourth-order valence-corrected chi connectivity index (χ4v) is 2.65. The van der Waals surface area contributed by atoms with Crippen LogP contribution in [0.15, 0.2) is 23.8 Å². The van der Waals surface area contributed by atoms with Crippen LogP contribution in [-0.4, -0.2) is 6.54 Å². The summed E-state index contributed by atoms with van der Waals surface area (Å²) in [6.45, 7) is 0.417. The molecule has 0 amide bonds. The van der Waals surface area contributed by atoms with E-state index in [2.05, 4.69) is 0 Å². The molecule has 1 aliphatic carbocycles. The number of halogens is 2. The molecule has 0 heterocycles. The molecular weight excluding hydrogens is 232 g/mol. The number of hydrogen-bond acceptors (Lipinski definition) is 1. The second kappa shape index (κ2) is 6.10. The second-order valence-electron chi connectivity index (χ2n) is 4.90. The molecule has 0 bridgehead atoms. The van der Waals surface area contributed by atoms with Crippen LogP contribution in [0.25, 0.3) is 6.08 Å². The molecule has 1 aromatic rings. The zero-order valence-corrected chi connectivity index (χ0v) is 10.5. The molecule has 18 heavy (non-hydrogen) atoms. The lowest BCUT2D eigenvalue weighted by molar-refractivity contribution is 0.401. The van der Waals surface area contributed by atoms with Crippen molar-refractivity contribution in [3.63, 3.8) is 0 Å². The smallest absolute Gasteiger partial charge is 0.166 e. The lowest BCUT2D eigenvalue weighted by Gasteiger charge is -2.24. The van der Waals surface area contributed by atoms with Gasteiger partial charge < -0.3 is 5.73 Å². The molecule has 3 heteroatoms. The van der Waals surface area contributed by atoms with Crippen molar-refractivity contribution in [2.24, 2.45) is 11.7 Å². The van der Waals surface area contributed by atoms with Gasteiger partial charge in [-0.1, -0.05) is 43.0 Å². The van der Waals surface area contributed by atoms with E-state index < -0.39 is 11.6 Å². The van der Waals surface area contributed by atoms with Gasteiger partial charge in [-0.2, -0.15) is 0 Å². The topological polar surface area (TPSA) is 26.0 Å². The number of nitrogens with two attached hydrogens (primary N) is 1. The molecule has 1 aromatic carbocycles. The van der Waals surface area contributed by atoms with Crippen molar-refractivity contribution in [3.8, 4) is 0 Å². The molecule has 1 fully saturated rings. The van der Waals surface area contributed by atoms with Crippen molar-refractivity contribution in [1.82, 2.24) is 0 Å². The molecule has 0 saturated heterocycles. The highest BCUT2D eigenvalue weighted by atomic mass is 19.2. The first-order valence-electron chi connectivity index (χ1n) is 6.57. The van der Waals surface area contributed by atoms with Crippen molar-refractivity contribution in [2.75, 3.05) is 6.54 Å². The number of hydrogen-bond donors (Lipinski definition) is 1. The van der Waals surface area contributed by atoms with Crippen molar-refractivity contribution >= 4 is 6.08 Å². The second-order valence-corrected chi connectivity index (χ2v) is 4.90. The van der Waals surface area contributed by atoms with Gasteiger partial charge in [0.1, 0.15) is 0 Å². The quantitative estimate of drug-likeness (QED) is 0.866. The van der Waals surface area contributed by atoms with Crippen LogP contribution in [0.2, 0.25) is 0 Å². The van der Waals surface area contributed by atoms with Gasteiger partial charge in [-0.05, 0) is 24.8 Å². The van der Waals surface area contributed by atoms with Crippen LogP contribution in [0.4, 0.5) is 8.78 Å². The molecule has 0 unspecified atom stereocenters. The lowest BCUT2D eigenvalue weighted by atomic mass is 9.83. The summed E-state index contributed by atoms with van der Waals surface area (Å²) in [5.74, 6) is -1.14. The Balaban J connectivity index is 2.25. The van der Waals surface area contributed by atoms with E-state index in [0.717, 1.165) is 24.5 Å². The van der Waals surface area contributed by atoms with Gasteiger partial charge in [-0.25, -0.2) is 8.78 Å². The Hall–Kier alpha value is -1.22. The van der Waals surface area contributed by atoms with Crippen LogP contribution >= 0.6 is 0 Å². The average Bonchev–Trinajstić information content (AvgIpc) is 2.41. The van der Waals surface area contributed by atoms with E-state index in [4.69, 9.17) is 5.73 Å². The maximum atomic E-state index is 13.6. The summed E-state index contributed by atoms with van der Waals surface area (Å²) in [4.78, 5) is 0. The zero-order chi connectivity index (χ0) is 13.0. The summed E-state index contributed by atoms with van der Waals surface area (Å²) in [5.41, 5.74) is 7.10. The Morgan fingerprint density at radius 1 is 1.22 bits per heavy atom. The first-order chi connectivity index (χ1) is 8.72. The molecule has 0 aromatic heterocycles. The van der Waals surface area contributed by atoms with Crippen molar-refractivity contribution in [2.45, 2.75) is 32.1 Å². The van der Waals surface area contributed by atoms with Gasteiger partial charge >= 0.3 is 0 Å². The van der Waals surface area contributed by atoms with E-state index in [-0.39, 0.29) is 0 Å². The summed E-state index contributed by atoms with van der Waals surface area (Å²) in [6, 6.07) is 4.26. The highest BCUT2D eigenvalue weighted by molar-refractivity contribution is 5.54. The summed E-state index contributed by atoms with van der Waals surface area (Å²) < 4.78 is 26.7. The van der Waals surface area contributed by atoms with E-state index in [9.17, 15) is 8.78 Å². The van der Waals surface area contributed by atoms with Gasteiger partial charge in [-0.15, -0.1) is 0 Å². The van der Waals surface area contributed by atoms with E-state index in [1.165, 1.54) is 25.3 Å². The molecule has 2 rings (SSSR count). The highest BCUT2D eigenvalue weighted by Gasteiger charge is 2.17. The van der Waals surface area contributed by atoms with Gasteiger partial charge in [0.2, 0.25) is 0 Å². The third-order valence-electron chi connectivity index (χ3n) is 3.69. The third-order valence-corrected chi connectivity index (χ3v) is 3.69. The Morgan fingerprint density at radius 3 is 2.61 bits per heavy atom. The summed E-state index contributed by atoms with van der Waals surface area (Å²) in [5, 5.41) is 0. The third kappa shape index (κ3) is 2.96. The summed E-state index contributed by atoms with van der Waals surface area (Å²) in [6.07, 6.45) is 7.62. The van der Waals surface area contributed by atoms with E-state index in [0.29, 0.717) is 18.0 Å². The monoisotopic (exact) mass is 251 g/mol. The average molecular weight is 251 g/mol. The normalized spacial score (nSPS) is 18.1. The van der Waals surface area contributed by atoms with Crippen LogP contribution in [0.1, 0.15) is 37.7 Å². The first kappa shape index (κ1) is 13.2. The minimum Gasteiger partial charge on any atom is -0.327 e. The maximum Gasteiger partial charge on any atom is 0.166 e. The molecule has 1 nitrogen and oxygen atoms in total. The zero-order valence-electron chi connectivity index (χ0n) is 10.5. The molecule has 0 atom stereocenters. The molecule has 0 spiro atoms. The van der Waals surface area contributed by atoms with Gasteiger partial charge in [0.25, 0.3) is 0 Å². The van der Waals surface area contributed by atoms with Crippen LogP contribution in [0.5, 0.6) is 0 Å². The van der Waals surface area contributed by atoms with Crippen molar-refractivity contribution in [3.05, 3.63) is 41.0 Å².